The summed E-state index contributed by atoms with van der Waals surface area (Å²) in [6.07, 6.45) is 6.32. The van der Waals surface area contributed by atoms with Gasteiger partial charge in [-0.15, -0.1) is 0 Å². The number of hydrogen-bond acceptors (Lipinski definition) is 14. The summed E-state index contributed by atoms with van der Waals surface area (Å²) in [6.45, 7) is 7.81. The Morgan fingerprint density at radius 3 is 1.69 bits per heavy atom. The first kappa shape index (κ1) is 36.5. The summed E-state index contributed by atoms with van der Waals surface area (Å²) in [5.74, 6) is 4.71. The number of methoxy groups -OCH3 is 5. The number of piperidine rings is 2. The molecule has 2 saturated heterocycles. The van der Waals surface area contributed by atoms with Crippen LogP contribution in [0.15, 0.2) is 30.3 Å². The number of likely N-dealkylation sites (tertiary alicyclic amines) is 1. The van der Waals surface area contributed by atoms with Crippen LogP contribution in [0.1, 0.15) is 51.0 Å². The van der Waals surface area contributed by atoms with Crippen LogP contribution < -0.4 is 44.4 Å². The van der Waals surface area contributed by atoms with Crippen molar-refractivity contribution >= 4 is 11.9 Å². The van der Waals surface area contributed by atoms with E-state index in [9.17, 15) is 0 Å². The quantitative estimate of drug-likeness (QED) is 0.196. The number of anilines is 2. The highest BCUT2D eigenvalue weighted by atomic mass is 16.5. The molecule has 0 saturated carbocycles. The van der Waals surface area contributed by atoms with Crippen molar-refractivity contribution < 1.29 is 28.4 Å². The average molecular weight is 669 g/mol. The number of nitrogens with one attached hydrogen (secondary N) is 3. The molecule has 3 N–H and O–H groups in total. The smallest absolute Gasteiger partial charge is 0.229 e. The maximum atomic E-state index is 5.93. The number of hydrogen-bond donors (Lipinski definition) is 3. The molecule has 2 aliphatic heterocycles. The van der Waals surface area contributed by atoms with Crippen molar-refractivity contribution in [3.63, 3.8) is 0 Å². The molecule has 0 unspecified atom stereocenters. The van der Waals surface area contributed by atoms with Crippen molar-refractivity contribution in [2.45, 2.75) is 64.1 Å². The number of unbranched alkanes of at least 4 members (excludes halogenated alkanes) is 1. The Morgan fingerprint density at radius 2 is 1.21 bits per heavy atom. The highest BCUT2D eigenvalue weighted by Crippen LogP contribution is 2.29. The Kier molecular flexibility index (Phi) is 14.8. The second kappa shape index (κ2) is 19.5. The molecule has 0 radical (unpaired) electrons. The van der Waals surface area contributed by atoms with Crippen LogP contribution in [-0.2, 0) is 6.54 Å². The molecule has 5 rings (SSSR count). The fourth-order valence-electron chi connectivity index (χ4n) is 5.44. The van der Waals surface area contributed by atoms with Crippen LogP contribution in [0.4, 0.5) is 11.9 Å². The van der Waals surface area contributed by atoms with Crippen LogP contribution in [0.2, 0.25) is 0 Å². The maximum Gasteiger partial charge on any atom is 0.229 e. The van der Waals surface area contributed by atoms with Gasteiger partial charge in [-0.2, -0.15) is 19.9 Å². The number of ether oxygens (including phenoxy) is 6. The van der Waals surface area contributed by atoms with Crippen LogP contribution in [0, 0.1) is 0 Å². The van der Waals surface area contributed by atoms with Crippen molar-refractivity contribution in [1.82, 2.24) is 30.2 Å². The van der Waals surface area contributed by atoms with E-state index in [-0.39, 0.29) is 0 Å². The van der Waals surface area contributed by atoms with Gasteiger partial charge in [0.15, 0.2) is 11.5 Å². The molecule has 14 heteroatoms. The van der Waals surface area contributed by atoms with Crippen molar-refractivity contribution in [3.05, 3.63) is 35.9 Å². The summed E-state index contributed by atoms with van der Waals surface area (Å²) in [4.78, 5) is 19.7. The standard InChI is InChI=1S/C23H34N4O4.C11H18N4O2/c1-5-6-13-31-20-14-17(7-8-19(20)28-2)16-27-11-9-18(10-12-27)24-23-25-21(29-3)15-22(26-23)30-4;1-16-9-7-10(17-2)15-11(14-9)13-8-3-5-12-6-4-8/h7-8,14-15,18H,5-6,9-13,16H2,1-4H3,(H,24,25,26);7-8,12H,3-6H2,1-2H3,(H,13,14,15). The van der Waals surface area contributed by atoms with Gasteiger partial charge in [0.1, 0.15) is 0 Å². The third-order valence-electron chi connectivity index (χ3n) is 8.18. The summed E-state index contributed by atoms with van der Waals surface area (Å²) in [7, 11) is 8.01. The molecular formula is C34H52N8O6. The zero-order chi connectivity index (χ0) is 34.1. The predicted molar refractivity (Wildman–Crippen MR) is 185 cm³/mol. The minimum Gasteiger partial charge on any atom is -0.493 e. The molecule has 0 aliphatic carbocycles. The molecular weight excluding hydrogens is 616 g/mol. The summed E-state index contributed by atoms with van der Waals surface area (Å²) in [6, 6.07) is 10.3. The predicted octanol–water partition coefficient (Wildman–Crippen LogP) is 4.42. The Bertz CT molecular complexity index is 1340. The number of rotatable bonds is 15. The first-order valence-electron chi connectivity index (χ1n) is 16.7. The molecule has 4 heterocycles. The van der Waals surface area contributed by atoms with E-state index in [0.29, 0.717) is 54.1 Å². The summed E-state index contributed by atoms with van der Waals surface area (Å²) in [5, 5.41) is 10.0. The molecule has 0 spiro atoms. The van der Waals surface area contributed by atoms with Crippen LogP contribution in [0.5, 0.6) is 35.0 Å². The van der Waals surface area contributed by atoms with E-state index in [1.807, 2.05) is 6.07 Å². The van der Waals surface area contributed by atoms with Gasteiger partial charge in [-0.05, 0) is 62.9 Å². The minimum atomic E-state index is 0.317. The van der Waals surface area contributed by atoms with Gasteiger partial charge in [-0.25, -0.2) is 0 Å². The van der Waals surface area contributed by atoms with Crippen molar-refractivity contribution in [2.75, 3.05) is 79.0 Å². The molecule has 0 atom stereocenters. The van der Waals surface area contributed by atoms with Crippen molar-refractivity contribution in [3.8, 4) is 35.0 Å². The van der Waals surface area contributed by atoms with Crippen LogP contribution in [0.25, 0.3) is 0 Å². The van der Waals surface area contributed by atoms with Gasteiger partial charge >= 0.3 is 0 Å². The lowest BCUT2D eigenvalue weighted by Gasteiger charge is -2.32. The topological polar surface area (TPSA) is 146 Å². The third kappa shape index (κ3) is 11.4. The first-order chi connectivity index (χ1) is 23.5. The average Bonchev–Trinajstić information content (AvgIpc) is 3.13. The minimum absolute atomic E-state index is 0.317. The van der Waals surface area contributed by atoms with Gasteiger partial charge in [-0.1, -0.05) is 19.4 Å². The molecule has 264 valence electrons. The normalized spacial score (nSPS) is 15.5. The third-order valence-corrected chi connectivity index (χ3v) is 8.18. The molecule has 3 aromatic rings. The summed E-state index contributed by atoms with van der Waals surface area (Å²) < 4.78 is 32.0. The number of aromatic nitrogens is 4. The first-order valence-corrected chi connectivity index (χ1v) is 16.7. The van der Waals surface area contributed by atoms with E-state index in [2.05, 4.69) is 59.8 Å². The Balaban J connectivity index is 0.000000257. The molecule has 0 bridgehead atoms. The van der Waals surface area contributed by atoms with E-state index in [1.165, 1.54) is 5.56 Å². The van der Waals surface area contributed by atoms with Crippen LogP contribution >= 0.6 is 0 Å². The van der Waals surface area contributed by atoms with Gasteiger partial charge < -0.3 is 44.4 Å². The van der Waals surface area contributed by atoms with E-state index in [1.54, 1.807) is 47.7 Å². The van der Waals surface area contributed by atoms with Gasteiger partial charge in [0.25, 0.3) is 0 Å². The molecule has 2 fully saturated rings. The second-order valence-corrected chi connectivity index (χ2v) is 11.6. The van der Waals surface area contributed by atoms with E-state index in [4.69, 9.17) is 28.4 Å². The molecule has 2 aromatic heterocycles. The van der Waals surface area contributed by atoms with Gasteiger partial charge in [0.2, 0.25) is 35.4 Å². The zero-order valence-electron chi connectivity index (χ0n) is 29.2. The lowest BCUT2D eigenvalue weighted by Crippen LogP contribution is -2.39. The van der Waals surface area contributed by atoms with Crippen LogP contribution in [-0.4, -0.2) is 105 Å². The SMILES string of the molecule is CCCCOc1cc(CN2CCC(Nc3nc(OC)cc(OC)n3)CC2)ccc1OC.COc1cc(OC)nc(NC2CCNCC2)n1. The zero-order valence-corrected chi connectivity index (χ0v) is 29.2. The molecule has 0 amide bonds. The lowest BCUT2D eigenvalue weighted by atomic mass is 10.0. The van der Waals surface area contributed by atoms with E-state index in [0.717, 1.165) is 82.7 Å². The van der Waals surface area contributed by atoms with E-state index < -0.39 is 0 Å². The van der Waals surface area contributed by atoms with Gasteiger partial charge in [-0.3, -0.25) is 4.90 Å². The van der Waals surface area contributed by atoms with Crippen LogP contribution in [0.3, 0.4) is 0 Å². The number of nitrogens with zero attached hydrogens (tertiary/aromatic N) is 5. The monoisotopic (exact) mass is 668 g/mol. The highest BCUT2D eigenvalue weighted by molar-refractivity contribution is 5.43. The Hall–Kier alpha value is -4.30. The Morgan fingerprint density at radius 1 is 0.688 bits per heavy atom. The van der Waals surface area contributed by atoms with Gasteiger partial charge in [0, 0.05) is 31.7 Å². The fraction of sp³-hybridized carbons (Fsp3) is 0.588. The lowest BCUT2D eigenvalue weighted by molar-refractivity contribution is 0.210. The molecule has 48 heavy (non-hydrogen) atoms. The second-order valence-electron chi connectivity index (χ2n) is 11.6. The Labute approximate surface area is 284 Å². The summed E-state index contributed by atoms with van der Waals surface area (Å²) >= 11 is 0. The van der Waals surface area contributed by atoms with Crippen molar-refractivity contribution in [2.24, 2.45) is 0 Å². The largest absolute Gasteiger partial charge is 0.493 e. The fourth-order valence-corrected chi connectivity index (χ4v) is 5.44. The van der Waals surface area contributed by atoms with E-state index >= 15 is 0 Å². The number of benzene rings is 1. The molecule has 2 aliphatic rings. The summed E-state index contributed by atoms with van der Waals surface area (Å²) in [5.41, 5.74) is 1.24. The highest BCUT2D eigenvalue weighted by Gasteiger charge is 2.21. The molecule has 14 nitrogen and oxygen atoms in total. The molecule has 1 aromatic carbocycles. The maximum absolute atomic E-state index is 5.93. The van der Waals surface area contributed by atoms with Crippen molar-refractivity contribution in [1.29, 1.82) is 0 Å². The van der Waals surface area contributed by atoms with Gasteiger partial charge in [0.05, 0.1) is 54.3 Å².